The van der Waals surface area contributed by atoms with E-state index in [4.69, 9.17) is 4.74 Å². The number of ether oxygens (including phenoxy) is 1. The summed E-state index contributed by atoms with van der Waals surface area (Å²) < 4.78 is 6.14. The molecule has 0 spiro atoms. The highest BCUT2D eigenvalue weighted by Crippen LogP contribution is 2.38. The zero-order valence-electron chi connectivity index (χ0n) is 12.2. The lowest BCUT2D eigenvalue weighted by molar-refractivity contribution is -0.0881. The van der Waals surface area contributed by atoms with Gasteiger partial charge in [0.05, 0.1) is 11.6 Å². The summed E-state index contributed by atoms with van der Waals surface area (Å²) in [5.74, 6) is 0. The maximum atomic E-state index is 6.14. The minimum Gasteiger partial charge on any atom is -0.373 e. The molecular formula is C17H22N2O. The van der Waals surface area contributed by atoms with Gasteiger partial charge in [-0.1, -0.05) is 18.2 Å². The fraction of sp³-hybridized carbons (Fsp3) is 0.471. The van der Waals surface area contributed by atoms with Crippen LogP contribution in [0.5, 0.6) is 0 Å². The van der Waals surface area contributed by atoms with E-state index in [-0.39, 0.29) is 11.6 Å². The Hall–Kier alpha value is -1.45. The fourth-order valence-electron chi connectivity index (χ4n) is 3.36. The Morgan fingerprint density at radius 1 is 1.30 bits per heavy atom. The molecule has 1 saturated heterocycles. The van der Waals surface area contributed by atoms with E-state index < -0.39 is 0 Å². The minimum atomic E-state index is -0.142. The predicted molar refractivity (Wildman–Crippen MR) is 81.8 cm³/mol. The van der Waals surface area contributed by atoms with Crippen LogP contribution in [-0.2, 0) is 4.74 Å². The number of nitrogens with one attached hydrogen (secondary N) is 1. The average Bonchev–Trinajstić information content (AvgIpc) is 2.49. The SMILES string of the molecule is CNC(c1cccc2ccncc12)C1(C)CCCCO1. The van der Waals surface area contributed by atoms with Crippen LogP contribution in [-0.4, -0.2) is 24.2 Å². The highest BCUT2D eigenvalue weighted by Gasteiger charge is 2.37. The number of pyridine rings is 1. The zero-order chi connectivity index (χ0) is 14.0. The molecule has 0 radical (unpaired) electrons. The number of benzene rings is 1. The van der Waals surface area contributed by atoms with Crippen LogP contribution in [0.2, 0.25) is 0 Å². The van der Waals surface area contributed by atoms with Gasteiger partial charge in [0.25, 0.3) is 0 Å². The molecule has 1 aromatic heterocycles. The van der Waals surface area contributed by atoms with Crippen molar-refractivity contribution < 1.29 is 4.74 Å². The van der Waals surface area contributed by atoms with Crippen molar-refractivity contribution in [3.05, 3.63) is 42.2 Å². The Morgan fingerprint density at radius 3 is 2.95 bits per heavy atom. The molecule has 0 saturated carbocycles. The second kappa shape index (κ2) is 5.51. The van der Waals surface area contributed by atoms with E-state index in [2.05, 4.69) is 41.5 Å². The lowest BCUT2D eigenvalue weighted by atomic mass is 9.83. The van der Waals surface area contributed by atoms with Gasteiger partial charge in [-0.3, -0.25) is 4.98 Å². The van der Waals surface area contributed by atoms with E-state index in [0.29, 0.717) is 0 Å². The van der Waals surface area contributed by atoms with Gasteiger partial charge in [0.1, 0.15) is 0 Å². The Morgan fingerprint density at radius 2 is 2.20 bits per heavy atom. The van der Waals surface area contributed by atoms with E-state index in [1.165, 1.54) is 29.2 Å². The molecule has 2 unspecified atom stereocenters. The van der Waals surface area contributed by atoms with Crippen molar-refractivity contribution in [2.75, 3.05) is 13.7 Å². The molecule has 1 aromatic carbocycles. The molecule has 1 aliphatic heterocycles. The summed E-state index contributed by atoms with van der Waals surface area (Å²) in [6.45, 7) is 3.08. The summed E-state index contributed by atoms with van der Waals surface area (Å²) in [5, 5.41) is 5.91. The first-order valence-electron chi connectivity index (χ1n) is 7.38. The van der Waals surface area contributed by atoms with Gasteiger partial charge in [-0.2, -0.15) is 0 Å². The van der Waals surface area contributed by atoms with Crippen LogP contribution < -0.4 is 5.32 Å². The molecule has 2 aromatic rings. The smallest absolute Gasteiger partial charge is 0.0848 e. The highest BCUT2D eigenvalue weighted by atomic mass is 16.5. The number of rotatable bonds is 3. The Kier molecular flexibility index (Phi) is 3.72. The summed E-state index contributed by atoms with van der Waals surface area (Å²) in [6.07, 6.45) is 7.30. The first kappa shape index (κ1) is 13.5. The second-order valence-corrected chi connectivity index (χ2v) is 5.78. The Balaban J connectivity index is 2.07. The maximum absolute atomic E-state index is 6.14. The van der Waals surface area contributed by atoms with Crippen LogP contribution in [0.15, 0.2) is 36.7 Å². The van der Waals surface area contributed by atoms with Gasteiger partial charge in [0.2, 0.25) is 0 Å². The van der Waals surface area contributed by atoms with Crippen molar-refractivity contribution in [2.24, 2.45) is 0 Å². The second-order valence-electron chi connectivity index (χ2n) is 5.78. The van der Waals surface area contributed by atoms with Crippen LogP contribution in [0.4, 0.5) is 0 Å². The van der Waals surface area contributed by atoms with Crippen molar-refractivity contribution in [2.45, 2.75) is 37.8 Å². The molecule has 0 amide bonds. The van der Waals surface area contributed by atoms with E-state index in [1.807, 2.05) is 19.4 Å². The minimum absolute atomic E-state index is 0.142. The molecule has 0 bridgehead atoms. The molecule has 106 valence electrons. The van der Waals surface area contributed by atoms with Crippen molar-refractivity contribution >= 4 is 10.8 Å². The van der Waals surface area contributed by atoms with Crippen LogP contribution in [0.1, 0.15) is 37.8 Å². The number of hydrogen-bond acceptors (Lipinski definition) is 3. The number of fused-ring (bicyclic) bond motifs is 1. The third-order valence-corrected chi connectivity index (χ3v) is 4.43. The van der Waals surface area contributed by atoms with Crippen LogP contribution >= 0.6 is 0 Å². The van der Waals surface area contributed by atoms with Crippen molar-refractivity contribution in [3.63, 3.8) is 0 Å². The molecule has 3 rings (SSSR count). The van der Waals surface area contributed by atoms with Crippen molar-refractivity contribution in [1.29, 1.82) is 0 Å². The van der Waals surface area contributed by atoms with Crippen LogP contribution in [0, 0.1) is 0 Å². The quantitative estimate of drug-likeness (QED) is 0.927. The molecule has 0 aliphatic carbocycles. The van der Waals surface area contributed by atoms with Crippen LogP contribution in [0.3, 0.4) is 0 Å². The topological polar surface area (TPSA) is 34.2 Å². The number of aromatic nitrogens is 1. The lowest BCUT2D eigenvalue weighted by Crippen LogP contribution is -2.44. The summed E-state index contributed by atoms with van der Waals surface area (Å²) in [4.78, 5) is 4.29. The maximum Gasteiger partial charge on any atom is 0.0848 e. The van der Waals surface area contributed by atoms with Crippen molar-refractivity contribution in [3.8, 4) is 0 Å². The number of hydrogen-bond donors (Lipinski definition) is 1. The Bertz CT molecular complexity index is 585. The normalized spacial score (nSPS) is 24.7. The van der Waals surface area contributed by atoms with E-state index in [9.17, 15) is 0 Å². The average molecular weight is 270 g/mol. The summed E-state index contributed by atoms with van der Waals surface area (Å²) >= 11 is 0. The number of likely N-dealkylation sites (N-methyl/N-ethyl adjacent to an activating group) is 1. The summed E-state index contributed by atoms with van der Waals surface area (Å²) in [6, 6.07) is 8.70. The van der Waals surface area contributed by atoms with Gasteiger partial charge in [-0.15, -0.1) is 0 Å². The molecule has 2 atom stereocenters. The van der Waals surface area contributed by atoms with Crippen molar-refractivity contribution in [1.82, 2.24) is 10.3 Å². The Labute approximate surface area is 120 Å². The molecule has 1 aliphatic rings. The van der Waals surface area contributed by atoms with Crippen LogP contribution in [0.25, 0.3) is 10.8 Å². The highest BCUT2D eigenvalue weighted by molar-refractivity contribution is 5.85. The molecule has 2 heterocycles. The van der Waals surface area contributed by atoms with E-state index >= 15 is 0 Å². The van der Waals surface area contributed by atoms with Gasteiger partial charge >= 0.3 is 0 Å². The molecule has 1 fully saturated rings. The molecule has 1 N–H and O–H groups in total. The third-order valence-electron chi connectivity index (χ3n) is 4.43. The summed E-state index contributed by atoms with van der Waals surface area (Å²) in [5.41, 5.74) is 1.14. The molecule has 20 heavy (non-hydrogen) atoms. The van der Waals surface area contributed by atoms with Gasteiger partial charge in [-0.25, -0.2) is 0 Å². The standard InChI is InChI=1S/C17H22N2O/c1-17(9-3-4-11-20-17)16(18-2)14-7-5-6-13-8-10-19-12-15(13)14/h5-8,10,12,16,18H,3-4,9,11H2,1-2H3. The first-order chi connectivity index (χ1) is 9.74. The molecule has 3 nitrogen and oxygen atoms in total. The first-order valence-corrected chi connectivity index (χ1v) is 7.38. The monoisotopic (exact) mass is 270 g/mol. The zero-order valence-corrected chi connectivity index (χ0v) is 12.2. The molecule has 3 heteroatoms. The summed E-state index contributed by atoms with van der Waals surface area (Å²) in [7, 11) is 2.02. The fourth-order valence-corrected chi connectivity index (χ4v) is 3.36. The number of nitrogens with zero attached hydrogens (tertiary/aromatic N) is 1. The largest absolute Gasteiger partial charge is 0.373 e. The van der Waals surface area contributed by atoms with E-state index in [1.54, 1.807) is 0 Å². The van der Waals surface area contributed by atoms with Gasteiger partial charge < -0.3 is 10.1 Å². The van der Waals surface area contributed by atoms with Gasteiger partial charge in [0.15, 0.2) is 0 Å². The molecular weight excluding hydrogens is 248 g/mol. The predicted octanol–water partition coefficient (Wildman–Crippen LogP) is 3.45. The van der Waals surface area contributed by atoms with E-state index in [0.717, 1.165) is 13.0 Å². The lowest BCUT2D eigenvalue weighted by Gasteiger charge is -2.41. The van der Waals surface area contributed by atoms with Gasteiger partial charge in [0, 0.05) is 24.4 Å². The van der Waals surface area contributed by atoms with Gasteiger partial charge in [-0.05, 0) is 50.2 Å². The third kappa shape index (κ3) is 2.32.